The van der Waals surface area contributed by atoms with Crippen LogP contribution >= 0.6 is 0 Å². The first kappa shape index (κ1) is 46.9. The quantitative estimate of drug-likeness (QED) is 0.135. The molecule has 0 radical (unpaired) electrons. The highest BCUT2D eigenvalue weighted by molar-refractivity contribution is 7.00. The number of aromatic nitrogens is 1. The number of rotatable bonds is 9. The molecule has 0 atom stereocenters. The second-order valence-electron chi connectivity index (χ2n) is 22.6. The molecule has 5 heteroatoms. The van der Waals surface area contributed by atoms with Gasteiger partial charge in [-0.1, -0.05) is 216 Å². The fraction of sp³-hybridized carbons (Fsp3) is 0.108. The number of hydrogen-bond donors (Lipinski definition) is 0. The molecule has 0 N–H and O–H groups in total. The summed E-state index contributed by atoms with van der Waals surface area (Å²) >= 11 is 0. The molecular weight excluding hydrogens is 958 g/mol. The van der Waals surface area contributed by atoms with Gasteiger partial charge >= 0.3 is 0 Å². The highest BCUT2D eigenvalue weighted by atomic mass is 16.3. The standard InChI is InChI=1S/C74H58BN3O/c1-5-6-23-52-42-60-59-32-18-21-37-70(59)79-71(60)47-66(52)77-65-41-38-51(48-24-10-7-11-25-48)43-62(65)75-61-40-39-54(76-63-35-19-16-30-57(63)58-31-17-20-36-64(58)76)46-67(61)78(69-45-53(74(2,3)4)44-68(77)72(69)75)73-55(49-26-12-8-13-27-49)33-22-34-56(73)50-28-14-9-15-29-50/h7-22,24-47H,5-6,23H2,1-4H3. The summed E-state index contributed by atoms with van der Waals surface area (Å²) in [6, 6.07) is 90.6. The van der Waals surface area contributed by atoms with Gasteiger partial charge in [0.15, 0.2) is 0 Å². The van der Waals surface area contributed by atoms with Crippen LogP contribution in [0.4, 0.5) is 34.1 Å². The van der Waals surface area contributed by atoms with Crippen LogP contribution in [-0.2, 0) is 11.8 Å². The number of anilines is 6. The molecule has 0 unspecified atom stereocenters. The summed E-state index contributed by atoms with van der Waals surface area (Å²) in [6.07, 6.45) is 3.09. The maximum Gasteiger partial charge on any atom is 0.252 e. The van der Waals surface area contributed by atoms with E-state index in [0.29, 0.717) is 0 Å². The third kappa shape index (κ3) is 7.51. The molecular formula is C74H58BN3O. The molecule has 2 aromatic heterocycles. The molecule has 13 aromatic rings. The summed E-state index contributed by atoms with van der Waals surface area (Å²) in [4.78, 5) is 5.30. The summed E-state index contributed by atoms with van der Waals surface area (Å²) in [6.45, 7) is 9.28. The van der Waals surface area contributed by atoms with Crippen LogP contribution in [0.25, 0.3) is 82.8 Å². The molecule has 4 heterocycles. The van der Waals surface area contributed by atoms with E-state index in [1.807, 2.05) is 0 Å². The van der Waals surface area contributed by atoms with Gasteiger partial charge in [-0.25, -0.2) is 0 Å². The van der Waals surface area contributed by atoms with Crippen molar-refractivity contribution in [3.05, 3.63) is 254 Å². The average Bonchev–Trinajstić information content (AvgIpc) is 4.14. The number of hydrogen-bond acceptors (Lipinski definition) is 3. The minimum Gasteiger partial charge on any atom is -0.456 e. The second kappa shape index (κ2) is 18.4. The fourth-order valence-electron chi connectivity index (χ4n) is 13.1. The minimum absolute atomic E-state index is 0.134. The number of benzene rings is 11. The lowest BCUT2D eigenvalue weighted by molar-refractivity contribution is 0.590. The smallest absolute Gasteiger partial charge is 0.252 e. The molecule has 79 heavy (non-hydrogen) atoms. The van der Waals surface area contributed by atoms with E-state index in [1.54, 1.807) is 0 Å². The number of aryl methyl sites for hydroxylation is 1. The molecule has 2 aliphatic heterocycles. The van der Waals surface area contributed by atoms with Gasteiger partial charge < -0.3 is 18.8 Å². The van der Waals surface area contributed by atoms with Crippen molar-refractivity contribution in [3.8, 4) is 39.1 Å². The molecule has 15 rings (SSSR count). The molecule has 378 valence electrons. The average molecular weight is 1020 g/mol. The van der Waals surface area contributed by atoms with Gasteiger partial charge in [0.05, 0.1) is 22.4 Å². The molecule has 2 aliphatic rings. The third-order valence-corrected chi connectivity index (χ3v) is 16.9. The highest BCUT2D eigenvalue weighted by Gasteiger charge is 2.46. The van der Waals surface area contributed by atoms with Crippen LogP contribution in [0.3, 0.4) is 0 Å². The summed E-state index contributed by atoms with van der Waals surface area (Å²) in [5.41, 5.74) is 25.6. The Morgan fingerprint density at radius 2 is 1.01 bits per heavy atom. The van der Waals surface area contributed by atoms with Crippen molar-refractivity contribution in [3.63, 3.8) is 0 Å². The van der Waals surface area contributed by atoms with Crippen molar-refractivity contribution in [2.75, 3.05) is 9.80 Å². The lowest BCUT2D eigenvalue weighted by atomic mass is 9.33. The zero-order valence-electron chi connectivity index (χ0n) is 45.0. The van der Waals surface area contributed by atoms with Crippen LogP contribution in [0.2, 0.25) is 0 Å². The monoisotopic (exact) mass is 1020 g/mol. The summed E-state index contributed by atoms with van der Waals surface area (Å²) in [5, 5.41) is 4.80. The van der Waals surface area contributed by atoms with Gasteiger partial charge in [-0.3, -0.25) is 0 Å². The van der Waals surface area contributed by atoms with Gasteiger partial charge in [0.25, 0.3) is 6.71 Å². The van der Waals surface area contributed by atoms with E-state index in [2.05, 4.69) is 285 Å². The number of fused-ring (bicyclic) bond motifs is 10. The van der Waals surface area contributed by atoms with Crippen LogP contribution in [0.15, 0.2) is 247 Å². The number of nitrogens with zero attached hydrogens (tertiary/aromatic N) is 3. The van der Waals surface area contributed by atoms with Gasteiger partial charge in [0, 0.05) is 67.2 Å². The molecule has 0 spiro atoms. The Hall–Kier alpha value is -9.32. The zero-order chi connectivity index (χ0) is 52.9. The third-order valence-electron chi connectivity index (χ3n) is 16.9. The van der Waals surface area contributed by atoms with E-state index < -0.39 is 0 Å². The Bertz CT molecular complexity index is 4420. The van der Waals surface area contributed by atoms with Gasteiger partial charge in [-0.05, 0) is 123 Å². The Labute approximate surface area is 462 Å². The molecule has 11 aromatic carbocycles. The van der Waals surface area contributed by atoms with Crippen LogP contribution in [0.1, 0.15) is 51.7 Å². The normalized spacial score (nSPS) is 12.9. The summed E-state index contributed by atoms with van der Waals surface area (Å²) in [5.74, 6) is 0. The molecule has 0 fully saturated rings. The number of unbranched alkanes of at least 4 members (excludes halogenated alkanes) is 1. The Kier molecular flexibility index (Phi) is 10.9. The van der Waals surface area contributed by atoms with Gasteiger partial charge in [0.1, 0.15) is 11.2 Å². The second-order valence-corrected chi connectivity index (χ2v) is 22.6. The van der Waals surface area contributed by atoms with E-state index in [4.69, 9.17) is 4.42 Å². The molecule has 0 bridgehead atoms. The highest BCUT2D eigenvalue weighted by Crippen LogP contribution is 2.52. The van der Waals surface area contributed by atoms with Crippen LogP contribution in [0.5, 0.6) is 0 Å². The van der Waals surface area contributed by atoms with Crippen LogP contribution in [-0.4, -0.2) is 11.3 Å². The fourth-order valence-corrected chi connectivity index (χ4v) is 13.1. The molecule has 4 nitrogen and oxygen atoms in total. The van der Waals surface area contributed by atoms with Crippen molar-refractivity contribution in [1.29, 1.82) is 0 Å². The zero-order valence-corrected chi connectivity index (χ0v) is 45.0. The lowest BCUT2D eigenvalue weighted by Crippen LogP contribution is -2.61. The summed E-state index contributed by atoms with van der Waals surface area (Å²) < 4.78 is 9.32. The van der Waals surface area contributed by atoms with Gasteiger partial charge in [-0.2, -0.15) is 0 Å². The maximum absolute atomic E-state index is 6.84. The van der Waals surface area contributed by atoms with Crippen LogP contribution < -0.4 is 26.2 Å². The van der Waals surface area contributed by atoms with Crippen molar-refractivity contribution in [2.24, 2.45) is 0 Å². The van der Waals surface area contributed by atoms with Crippen molar-refractivity contribution in [1.82, 2.24) is 4.57 Å². The predicted octanol–water partition coefficient (Wildman–Crippen LogP) is 18.4. The molecule has 0 saturated carbocycles. The maximum atomic E-state index is 6.84. The predicted molar refractivity (Wildman–Crippen MR) is 336 cm³/mol. The topological polar surface area (TPSA) is 24.6 Å². The minimum atomic E-state index is -0.226. The Balaban J connectivity index is 1.10. The van der Waals surface area contributed by atoms with Crippen molar-refractivity contribution < 1.29 is 4.42 Å². The molecule has 0 amide bonds. The molecule has 0 aliphatic carbocycles. The lowest BCUT2D eigenvalue weighted by Gasteiger charge is -2.46. The first-order valence-electron chi connectivity index (χ1n) is 28.1. The SMILES string of the molecule is CCCCc1cc2c(cc1N1c3ccc(-c4ccccc4)cc3B3c4ccc(-n5c6ccccc6c6ccccc65)cc4N(c4c(-c5ccccc5)cccc4-c4ccccc4)c4cc(C(C)(C)C)cc1c43)oc1ccccc12. The largest absolute Gasteiger partial charge is 0.456 e. The first-order valence-corrected chi connectivity index (χ1v) is 28.1. The van der Waals surface area contributed by atoms with Crippen molar-refractivity contribution in [2.45, 2.75) is 52.4 Å². The van der Waals surface area contributed by atoms with Gasteiger partial charge in [-0.15, -0.1) is 0 Å². The van der Waals surface area contributed by atoms with E-state index in [0.717, 1.165) is 75.1 Å². The Morgan fingerprint density at radius 3 is 1.66 bits per heavy atom. The van der Waals surface area contributed by atoms with Crippen LogP contribution in [0, 0.1) is 0 Å². The van der Waals surface area contributed by atoms with E-state index in [-0.39, 0.29) is 12.1 Å². The van der Waals surface area contributed by atoms with E-state index >= 15 is 0 Å². The number of para-hydroxylation sites is 4. The summed E-state index contributed by atoms with van der Waals surface area (Å²) in [7, 11) is 0. The van der Waals surface area contributed by atoms with E-state index in [9.17, 15) is 0 Å². The number of furan rings is 1. The first-order chi connectivity index (χ1) is 38.8. The van der Waals surface area contributed by atoms with Gasteiger partial charge in [0.2, 0.25) is 0 Å². The Morgan fingerprint density at radius 1 is 0.418 bits per heavy atom. The van der Waals surface area contributed by atoms with Crippen molar-refractivity contribution >= 4 is 101 Å². The van der Waals surface area contributed by atoms with E-state index in [1.165, 1.54) is 88.6 Å². The molecule has 0 saturated heterocycles.